The minimum absolute atomic E-state index is 0.0266. The van der Waals surface area contributed by atoms with Crippen LogP contribution in [0.1, 0.15) is 18.4 Å². The zero-order valence-electron chi connectivity index (χ0n) is 10.0. The molecule has 1 fully saturated rings. The van der Waals surface area contributed by atoms with Crippen molar-refractivity contribution in [2.45, 2.75) is 18.9 Å². The second-order valence-electron chi connectivity index (χ2n) is 4.39. The molecule has 3 aliphatic rings. The average Bonchev–Trinajstić information content (AvgIpc) is 2.31. The average molecular weight is 232 g/mol. The molecule has 0 radical (unpaired) electrons. The Hall–Kier alpha value is -1.32. The van der Waals surface area contributed by atoms with Crippen LogP contribution < -0.4 is 10.6 Å². The van der Waals surface area contributed by atoms with E-state index in [1.54, 1.807) is 0 Å². The Kier molecular flexibility index (Phi) is 4.59. The lowest BCUT2D eigenvalue weighted by Crippen LogP contribution is -2.30. The Morgan fingerprint density at radius 1 is 1.06 bits per heavy atom. The summed E-state index contributed by atoms with van der Waals surface area (Å²) >= 11 is 0. The summed E-state index contributed by atoms with van der Waals surface area (Å²) in [6.07, 6.45) is 6.08. The minimum Gasteiger partial charge on any atom is -0.393 e. The van der Waals surface area contributed by atoms with Gasteiger partial charge in [-0.1, -0.05) is 24.3 Å². The Morgan fingerprint density at radius 2 is 1.76 bits per heavy atom. The maximum atomic E-state index is 8.87. The van der Waals surface area contributed by atoms with Crippen LogP contribution in [-0.4, -0.2) is 30.8 Å². The van der Waals surface area contributed by atoms with Crippen molar-refractivity contribution in [3.63, 3.8) is 0 Å². The number of fused-ring (bicyclic) bond motifs is 4. The van der Waals surface area contributed by atoms with Crippen LogP contribution >= 0.6 is 0 Å². The highest BCUT2D eigenvalue weighted by molar-refractivity contribution is 5.57. The van der Waals surface area contributed by atoms with Gasteiger partial charge in [0.25, 0.3) is 0 Å². The second-order valence-corrected chi connectivity index (χ2v) is 4.39. The maximum absolute atomic E-state index is 8.87. The number of aliphatic hydroxyl groups excluding tert-OH is 1. The molecule has 3 heteroatoms. The van der Waals surface area contributed by atoms with Gasteiger partial charge in [-0.25, -0.2) is 0 Å². The molecule has 0 spiro atoms. The lowest BCUT2D eigenvalue weighted by molar-refractivity contribution is 0.137. The highest BCUT2D eigenvalue weighted by atomic mass is 16.3. The van der Waals surface area contributed by atoms with Crippen molar-refractivity contribution in [1.29, 1.82) is 0 Å². The normalized spacial score (nSPS) is 18.6. The van der Waals surface area contributed by atoms with Crippen LogP contribution in [0.25, 0.3) is 6.08 Å². The van der Waals surface area contributed by atoms with Gasteiger partial charge in [0.15, 0.2) is 0 Å². The molecule has 3 N–H and O–H groups in total. The zero-order chi connectivity index (χ0) is 11.9. The standard InChI is InChI=1S/C9H9N.C5H11NO/c1-2-8-3-5-9(6-4-8)10-7-1;7-5-1-3-6-4-2-5/h1-6,10H,7H2;5-7H,1-4H2. The first kappa shape index (κ1) is 12.1. The smallest absolute Gasteiger partial charge is 0.0564 e. The van der Waals surface area contributed by atoms with E-state index < -0.39 is 0 Å². The molecule has 3 nitrogen and oxygen atoms in total. The van der Waals surface area contributed by atoms with Gasteiger partial charge in [-0.2, -0.15) is 0 Å². The number of hydrogen-bond acceptors (Lipinski definition) is 3. The van der Waals surface area contributed by atoms with Gasteiger partial charge >= 0.3 is 0 Å². The molecule has 0 aromatic heterocycles. The molecule has 0 amide bonds. The summed E-state index contributed by atoms with van der Waals surface area (Å²) < 4.78 is 0. The number of hydrogen-bond donors (Lipinski definition) is 3. The van der Waals surface area contributed by atoms with Gasteiger partial charge in [0.1, 0.15) is 0 Å². The van der Waals surface area contributed by atoms with E-state index in [1.807, 2.05) is 0 Å². The van der Waals surface area contributed by atoms with Gasteiger partial charge in [0, 0.05) is 12.2 Å². The Bertz CT molecular complexity index is 353. The van der Waals surface area contributed by atoms with Crippen LogP contribution in [0, 0.1) is 0 Å². The third-order valence-corrected chi connectivity index (χ3v) is 2.95. The molecule has 0 unspecified atom stereocenters. The van der Waals surface area contributed by atoms with Gasteiger partial charge in [-0.3, -0.25) is 0 Å². The van der Waals surface area contributed by atoms with Crippen LogP contribution in [0.5, 0.6) is 0 Å². The number of anilines is 1. The van der Waals surface area contributed by atoms with Crippen LogP contribution in [-0.2, 0) is 0 Å². The number of aliphatic hydroxyl groups is 1. The molecule has 1 aromatic carbocycles. The first-order valence-electron chi connectivity index (χ1n) is 6.24. The summed E-state index contributed by atoms with van der Waals surface area (Å²) in [6.45, 7) is 2.91. The summed E-state index contributed by atoms with van der Waals surface area (Å²) in [6, 6.07) is 8.41. The summed E-state index contributed by atoms with van der Waals surface area (Å²) in [5, 5.41) is 15.3. The molecule has 2 bridgehead atoms. The SMILES string of the molecule is C1=Cc2ccc(cc2)NC1.OC1CCNCC1. The highest BCUT2D eigenvalue weighted by Crippen LogP contribution is 2.12. The number of piperidine rings is 1. The van der Waals surface area contributed by atoms with E-state index >= 15 is 0 Å². The topological polar surface area (TPSA) is 44.3 Å². The van der Waals surface area contributed by atoms with E-state index in [0.29, 0.717) is 0 Å². The molecule has 17 heavy (non-hydrogen) atoms. The lowest BCUT2D eigenvalue weighted by Gasteiger charge is -2.16. The van der Waals surface area contributed by atoms with Crippen molar-refractivity contribution in [3.05, 3.63) is 35.9 Å². The van der Waals surface area contributed by atoms with Crippen LogP contribution in [0.15, 0.2) is 30.3 Å². The molecule has 0 atom stereocenters. The fraction of sp³-hybridized carbons (Fsp3) is 0.429. The summed E-state index contributed by atoms with van der Waals surface area (Å²) in [7, 11) is 0. The first-order chi connectivity index (χ1) is 8.34. The predicted octanol–water partition coefficient (Wildman–Crippen LogP) is 1.86. The monoisotopic (exact) mass is 232 g/mol. The minimum atomic E-state index is -0.0266. The Morgan fingerprint density at radius 3 is 2.35 bits per heavy atom. The molecule has 3 aliphatic heterocycles. The Labute approximate surface area is 103 Å². The molecule has 0 saturated carbocycles. The molecule has 1 aromatic rings. The van der Waals surface area contributed by atoms with Crippen molar-refractivity contribution < 1.29 is 5.11 Å². The number of rotatable bonds is 0. The summed E-state index contributed by atoms with van der Waals surface area (Å²) in [5.41, 5.74) is 2.48. The van der Waals surface area contributed by atoms with Gasteiger partial charge in [-0.05, 0) is 43.6 Å². The zero-order valence-corrected chi connectivity index (χ0v) is 10.0. The van der Waals surface area contributed by atoms with Crippen molar-refractivity contribution in [1.82, 2.24) is 5.32 Å². The molecule has 1 saturated heterocycles. The van der Waals surface area contributed by atoms with E-state index in [9.17, 15) is 0 Å². The van der Waals surface area contributed by atoms with Gasteiger partial charge in [-0.15, -0.1) is 0 Å². The van der Waals surface area contributed by atoms with Crippen molar-refractivity contribution in [2.24, 2.45) is 0 Å². The molecular weight excluding hydrogens is 212 g/mol. The quantitative estimate of drug-likeness (QED) is 0.639. The van der Waals surface area contributed by atoms with Gasteiger partial charge in [0.05, 0.1) is 6.10 Å². The third kappa shape index (κ3) is 4.21. The summed E-state index contributed by atoms with van der Waals surface area (Å²) in [4.78, 5) is 0. The molecule has 4 rings (SSSR count). The number of nitrogens with one attached hydrogen (secondary N) is 2. The third-order valence-electron chi connectivity index (χ3n) is 2.95. The predicted molar refractivity (Wildman–Crippen MR) is 72.1 cm³/mol. The van der Waals surface area contributed by atoms with Crippen molar-refractivity contribution in [2.75, 3.05) is 25.0 Å². The highest BCUT2D eigenvalue weighted by Gasteiger charge is 2.06. The van der Waals surface area contributed by atoms with Gasteiger partial charge in [0.2, 0.25) is 0 Å². The largest absolute Gasteiger partial charge is 0.393 e. The van der Waals surface area contributed by atoms with E-state index in [4.69, 9.17) is 5.11 Å². The van der Waals surface area contributed by atoms with E-state index in [1.165, 1.54) is 11.3 Å². The van der Waals surface area contributed by atoms with Crippen molar-refractivity contribution in [3.8, 4) is 0 Å². The summed E-state index contributed by atoms with van der Waals surface area (Å²) in [5.74, 6) is 0. The molecule has 92 valence electrons. The van der Waals surface area contributed by atoms with Gasteiger partial charge < -0.3 is 15.7 Å². The van der Waals surface area contributed by atoms with E-state index in [0.717, 1.165) is 32.5 Å². The Balaban J connectivity index is 0.000000136. The number of benzene rings is 1. The fourth-order valence-corrected chi connectivity index (χ4v) is 1.89. The van der Waals surface area contributed by atoms with Crippen LogP contribution in [0.4, 0.5) is 5.69 Å². The molecular formula is C14H20N2O. The first-order valence-corrected chi connectivity index (χ1v) is 6.24. The molecule has 3 heterocycles. The second kappa shape index (κ2) is 6.42. The fourth-order valence-electron chi connectivity index (χ4n) is 1.89. The van der Waals surface area contributed by atoms with E-state index in [2.05, 4.69) is 47.1 Å². The van der Waals surface area contributed by atoms with Crippen LogP contribution in [0.3, 0.4) is 0 Å². The lowest BCUT2D eigenvalue weighted by atomic mass is 10.1. The maximum Gasteiger partial charge on any atom is 0.0564 e. The van der Waals surface area contributed by atoms with Crippen molar-refractivity contribution >= 4 is 11.8 Å². The van der Waals surface area contributed by atoms with E-state index in [-0.39, 0.29) is 6.10 Å². The molecule has 0 aliphatic carbocycles. The van der Waals surface area contributed by atoms with Crippen LogP contribution in [0.2, 0.25) is 0 Å².